The SMILES string of the molecule is Cc1ccc(C(=O)Cn2/c(=N\S(=O)(=O)c3ccc(C)cc3)sc3ccccc32)cc1. The van der Waals surface area contributed by atoms with Gasteiger partial charge in [-0.05, 0) is 38.1 Å². The number of benzene rings is 3. The molecule has 1 aromatic heterocycles. The van der Waals surface area contributed by atoms with E-state index in [4.69, 9.17) is 0 Å². The van der Waals surface area contributed by atoms with Crippen LogP contribution in [0, 0.1) is 13.8 Å². The number of sulfonamides is 1. The molecule has 0 aliphatic rings. The molecule has 0 unspecified atom stereocenters. The van der Waals surface area contributed by atoms with Crippen molar-refractivity contribution in [3.8, 4) is 0 Å². The summed E-state index contributed by atoms with van der Waals surface area (Å²) in [5.41, 5.74) is 3.39. The third-order valence-corrected chi connectivity index (χ3v) is 7.24. The summed E-state index contributed by atoms with van der Waals surface area (Å²) in [6.07, 6.45) is 0. The zero-order valence-corrected chi connectivity index (χ0v) is 18.2. The third-order valence-electron chi connectivity index (χ3n) is 4.78. The van der Waals surface area contributed by atoms with Gasteiger partial charge in [0.15, 0.2) is 5.78 Å². The number of rotatable bonds is 5. The fourth-order valence-electron chi connectivity index (χ4n) is 3.08. The molecular weight excluding hydrogens is 416 g/mol. The molecule has 0 bridgehead atoms. The van der Waals surface area contributed by atoms with Crippen molar-refractivity contribution in [3.63, 3.8) is 0 Å². The van der Waals surface area contributed by atoms with Crippen LogP contribution in [0.2, 0.25) is 0 Å². The highest BCUT2D eigenvalue weighted by Crippen LogP contribution is 2.19. The van der Waals surface area contributed by atoms with Crippen LogP contribution in [0.25, 0.3) is 10.2 Å². The highest BCUT2D eigenvalue weighted by Gasteiger charge is 2.16. The molecule has 0 saturated carbocycles. The van der Waals surface area contributed by atoms with Gasteiger partial charge in [-0.3, -0.25) is 4.79 Å². The minimum atomic E-state index is -3.90. The first-order valence-electron chi connectivity index (χ1n) is 9.39. The molecule has 0 aliphatic heterocycles. The highest BCUT2D eigenvalue weighted by molar-refractivity contribution is 7.90. The predicted molar refractivity (Wildman–Crippen MR) is 119 cm³/mol. The summed E-state index contributed by atoms with van der Waals surface area (Å²) >= 11 is 1.25. The predicted octanol–water partition coefficient (Wildman–Crippen LogP) is 4.49. The van der Waals surface area contributed by atoms with E-state index in [9.17, 15) is 13.2 Å². The van der Waals surface area contributed by atoms with Crippen LogP contribution in [-0.2, 0) is 16.6 Å². The normalized spacial score (nSPS) is 12.4. The zero-order valence-electron chi connectivity index (χ0n) is 16.6. The van der Waals surface area contributed by atoms with Crippen LogP contribution in [-0.4, -0.2) is 18.8 Å². The van der Waals surface area contributed by atoms with Gasteiger partial charge in [0.05, 0.1) is 21.7 Å². The molecule has 0 saturated heterocycles. The lowest BCUT2D eigenvalue weighted by Crippen LogP contribution is -2.22. The molecule has 4 rings (SSSR count). The first-order valence-corrected chi connectivity index (χ1v) is 11.6. The fourth-order valence-corrected chi connectivity index (χ4v) is 5.32. The van der Waals surface area contributed by atoms with Gasteiger partial charge in [0.1, 0.15) is 0 Å². The van der Waals surface area contributed by atoms with Crippen molar-refractivity contribution in [1.82, 2.24) is 4.57 Å². The first-order chi connectivity index (χ1) is 14.3. The quantitative estimate of drug-likeness (QED) is 0.433. The van der Waals surface area contributed by atoms with Gasteiger partial charge in [0.25, 0.3) is 10.0 Å². The maximum absolute atomic E-state index is 12.9. The van der Waals surface area contributed by atoms with Crippen molar-refractivity contribution in [2.75, 3.05) is 0 Å². The van der Waals surface area contributed by atoms with Gasteiger partial charge in [0, 0.05) is 5.56 Å². The lowest BCUT2D eigenvalue weighted by atomic mass is 10.1. The van der Waals surface area contributed by atoms with Crippen molar-refractivity contribution in [2.45, 2.75) is 25.3 Å². The molecule has 0 aliphatic carbocycles. The summed E-state index contributed by atoms with van der Waals surface area (Å²) in [6.45, 7) is 3.86. The molecule has 0 atom stereocenters. The van der Waals surface area contributed by atoms with E-state index in [0.29, 0.717) is 5.56 Å². The Labute approximate surface area is 179 Å². The lowest BCUT2D eigenvalue weighted by Gasteiger charge is -2.06. The number of carbonyl (C=O) groups excluding carboxylic acids is 1. The molecule has 4 aromatic rings. The van der Waals surface area contributed by atoms with Gasteiger partial charge in [-0.25, -0.2) is 0 Å². The van der Waals surface area contributed by atoms with Crippen LogP contribution in [0.5, 0.6) is 0 Å². The number of fused-ring (bicyclic) bond motifs is 1. The molecule has 5 nitrogen and oxygen atoms in total. The second-order valence-electron chi connectivity index (χ2n) is 7.11. The van der Waals surface area contributed by atoms with E-state index in [2.05, 4.69) is 4.40 Å². The van der Waals surface area contributed by atoms with Crippen LogP contribution in [0.15, 0.2) is 82.1 Å². The number of carbonyl (C=O) groups is 1. The Morgan fingerprint density at radius 1 is 0.900 bits per heavy atom. The minimum absolute atomic E-state index is 0.00925. The van der Waals surface area contributed by atoms with Crippen molar-refractivity contribution in [2.24, 2.45) is 4.40 Å². The number of ketones is 1. The summed E-state index contributed by atoms with van der Waals surface area (Å²) < 4.78 is 32.4. The van der Waals surface area contributed by atoms with Crippen LogP contribution < -0.4 is 4.80 Å². The largest absolute Gasteiger partial charge is 0.308 e. The van der Waals surface area contributed by atoms with E-state index in [0.717, 1.165) is 21.3 Å². The number of aromatic nitrogens is 1. The van der Waals surface area contributed by atoms with E-state index >= 15 is 0 Å². The Morgan fingerprint density at radius 2 is 1.50 bits per heavy atom. The lowest BCUT2D eigenvalue weighted by molar-refractivity contribution is 0.0972. The average molecular weight is 437 g/mol. The van der Waals surface area contributed by atoms with Gasteiger partial charge in [-0.2, -0.15) is 8.42 Å². The summed E-state index contributed by atoms with van der Waals surface area (Å²) in [5.74, 6) is -0.104. The number of hydrogen-bond acceptors (Lipinski definition) is 4. The monoisotopic (exact) mass is 436 g/mol. The van der Waals surface area contributed by atoms with Gasteiger partial charge < -0.3 is 4.57 Å². The molecule has 30 heavy (non-hydrogen) atoms. The Kier molecular flexibility index (Phi) is 5.40. The number of hydrogen-bond donors (Lipinski definition) is 0. The highest BCUT2D eigenvalue weighted by atomic mass is 32.2. The Morgan fingerprint density at radius 3 is 2.17 bits per heavy atom. The van der Waals surface area contributed by atoms with Crippen LogP contribution >= 0.6 is 11.3 Å². The maximum Gasteiger partial charge on any atom is 0.285 e. The van der Waals surface area contributed by atoms with Gasteiger partial charge in [-0.1, -0.05) is 71.0 Å². The Balaban J connectivity index is 1.82. The number of nitrogens with zero attached hydrogens (tertiary/aromatic N) is 2. The molecule has 152 valence electrons. The molecule has 0 amide bonds. The third kappa shape index (κ3) is 4.13. The number of aryl methyl sites for hydroxylation is 2. The topological polar surface area (TPSA) is 68.5 Å². The molecule has 7 heteroatoms. The van der Waals surface area contributed by atoms with Gasteiger partial charge in [0.2, 0.25) is 4.80 Å². The van der Waals surface area contributed by atoms with E-state index < -0.39 is 10.0 Å². The minimum Gasteiger partial charge on any atom is -0.308 e. The van der Waals surface area contributed by atoms with Crippen molar-refractivity contribution < 1.29 is 13.2 Å². The summed E-state index contributed by atoms with van der Waals surface area (Å²) in [6, 6.07) is 21.4. The summed E-state index contributed by atoms with van der Waals surface area (Å²) in [5, 5.41) is 0. The van der Waals surface area contributed by atoms with Crippen LogP contribution in [0.1, 0.15) is 21.5 Å². The van der Waals surface area contributed by atoms with Crippen molar-refractivity contribution in [3.05, 3.63) is 94.3 Å². The fraction of sp³-hybridized carbons (Fsp3) is 0.130. The molecular formula is C23H20N2O3S2. The number of Topliss-reactive ketones (excluding diaryl/α,β-unsaturated/α-hetero) is 1. The zero-order chi connectivity index (χ0) is 21.3. The van der Waals surface area contributed by atoms with Gasteiger partial charge >= 0.3 is 0 Å². The van der Waals surface area contributed by atoms with Crippen LogP contribution in [0.3, 0.4) is 0 Å². The van der Waals surface area contributed by atoms with Gasteiger partial charge in [-0.15, -0.1) is 4.40 Å². The number of para-hydroxylation sites is 1. The van der Waals surface area contributed by atoms with E-state index in [1.54, 1.807) is 41.0 Å². The summed E-state index contributed by atoms with van der Waals surface area (Å²) in [4.78, 5) is 13.3. The van der Waals surface area contributed by atoms with E-state index in [1.165, 1.54) is 11.3 Å². The summed E-state index contributed by atoms with van der Waals surface area (Å²) in [7, 11) is -3.90. The van der Waals surface area contributed by atoms with Crippen LogP contribution in [0.4, 0.5) is 0 Å². The smallest absolute Gasteiger partial charge is 0.285 e. The second kappa shape index (κ2) is 8.01. The van der Waals surface area contributed by atoms with Crippen molar-refractivity contribution >= 4 is 37.4 Å². The Bertz CT molecular complexity index is 1400. The van der Waals surface area contributed by atoms with E-state index in [-0.39, 0.29) is 22.0 Å². The molecule has 1 heterocycles. The molecule has 0 fully saturated rings. The van der Waals surface area contributed by atoms with Crippen molar-refractivity contribution in [1.29, 1.82) is 0 Å². The number of thiazole rings is 1. The molecule has 0 N–H and O–H groups in total. The maximum atomic E-state index is 12.9. The molecule has 0 spiro atoms. The average Bonchev–Trinajstić information content (AvgIpc) is 3.05. The van der Waals surface area contributed by atoms with E-state index in [1.807, 2.05) is 50.2 Å². The Hall–Kier alpha value is -3.03. The first kappa shape index (κ1) is 20.3. The molecule has 0 radical (unpaired) electrons. The standard InChI is InChI=1S/C23H20N2O3S2/c1-16-7-11-18(12-8-16)21(26)15-25-20-5-3-4-6-22(20)29-23(25)24-30(27,28)19-13-9-17(2)10-14-19/h3-14H,15H2,1-2H3/b24-23+. The second-order valence-corrected chi connectivity index (χ2v) is 9.72. The molecule has 3 aromatic carbocycles.